The number of benzene rings is 3. The van der Waals surface area contributed by atoms with Crippen molar-refractivity contribution in [3.8, 4) is 17.6 Å². The SMILES string of the molecule is COc1cc(/C=C(/C#N)C(=O)Nc2cc(Cl)ccc2Cl)ccc1OCc1ccccc1. The number of amides is 1. The van der Waals surface area contributed by atoms with Crippen molar-refractivity contribution in [1.82, 2.24) is 0 Å². The number of hydrogen-bond acceptors (Lipinski definition) is 4. The summed E-state index contributed by atoms with van der Waals surface area (Å²) < 4.78 is 11.2. The second-order valence-electron chi connectivity index (χ2n) is 6.43. The van der Waals surface area contributed by atoms with Gasteiger partial charge in [-0.05, 0) is 47.5 Å². The maximum Gasteiger partial charge on any atom is 0.266 e. The number of anilines is 1. The molecular formula is C24H18Cl2N2O3. The Morgan fingerprint density at radius 1 is 1.06 bits per heavy atom. The molecule has 0 aliphatic carbocycles. The van der Waals surface area contributed by atoms with Gasteiger partial charge < -0.3 is 14.8 Å². The standard InChI is InChI=1S/C24H18Cl2N2O3/c1-30-23-12-17(7-10-22(23)31-15-16-5-3-2-4-6-16)11-18(14-27)24(29)28-21-13-19(25)8-9-20(21)26/h2-13H,15H2,1H3,(H,28,29)/b18-11-. The Morgan fingerprint density at radius 3 is 2.55 bits per heavy atom. The van der Waals surface area contributed by atoms with Crippen molar-refractivity contribution >= 4 is 40.9 Å². The van der Waals surface area contributed by atoms with Crippen LogP contribution < -0.4 is 14.8 Å². The lowest BCUT2D eigenvalue weighted by molar-refractivity contribution is -0.112. The molecule has 7 heteroatoms. The first-order valence-corrected chi connectivity index (χ1v) is 9.98. The predicted octanol–water partition coefficient (Wildman–Crippen LogP) is 6.13. The van der Waals surface area contributed by atoms with E-state index < -0.39 is 5.91 Å². The third-order valence-corrected chi connectivity index (χ3v) is 4.84. The molecule has 0 fully saturated rings. The van der Waals surface area contributed by atoms with Gasteiger partial charge in [0.15, 0.2) is 11.5 Å². The number of halogens is 2. The average Bonchev–Trinajstić information content (AvgIpc) is 2.79. The number of nitrogens with zero attached hydrogens (tertiary/aromatic N) is 1. The summed E-state index contributed by atoms with van der Waals surface area (Å²) in [7, 11) is 1.53. The zero-order chi connectivity index (χ0) is 22.2. The maximum atomic E-state index is 12.5. The molecule has 3 aromatic rings. The van der Waals surface area contributed by atoms with Gasteiger partial charge in [0.05, 0.1) is 17.8 Å². The van der Waals surface area contributed by atoms with Crippen molar-refractivity contribution in [3.05, 3.63) is 93.5 Å². The lowest BCUT2D eigenvalue weighted by atomic mass is 10.1. The molecule has 3 aromatic carbocycles. The van der Waals surface area contributed by atoms with E-state index >= 15 is 0 Å². The number of ether oxygens (including phenoxy) is 2. The number of nitriles is 1. The average molecular weight is 453 g/mol. The van der Waals surface area contributed by atoms with Crippen LogP contribution in [0.25, 0.3) is 6.08 Å². The van der Waals surface area contributed by atoms with E-state index in [2.05, 4.69) is 5.32 Å². The van der Waals surface area contributed by atoms with Gasteiger partial charge in [0.25, 0.3) is 5.91 Å². The number of carbonyl (C=O) groups is 1. The number of rotatable bonds is 7. The highest BCUT2D eigenvalue weighted by Crippen LogP contribution is 2.30. The molecule has 0 saturated heterocycles. The fraction of sp³-hybridized carbons (Fsp3) is 0.0833. The summed E-state index contributed by atoms with van der Waals surface area (Å²) in [6.45, 7) is 0.388. The van der Waals surface area contributed by atoms with Crippen LogP contribution in [0.15, 0.2) is 72.3 Å². The van der Waals surface area contributed by atoms with Crippen molar-refractivity contribution in [2.75, 3.05) is 12.4 Å². The Kier molecular flexibility index (Phi) is 7.55. The first kappa shape index (κ1) is 22.2. The van der Waals surface area contributed by atoms with E-state index in [1.807, 2.05) is 36.4 Å². The summed E-state index contributed by atoms with van der Waals surface area (Å²) in [6, 6.07) is 21.5. The summed E-state index contributed by atoms with van der Waals surface area (Å²) in [5.41, 5.74) is 1.85. The Bertz CT molecular complexity index is 1160. The van der Waals surface area contributed by atoms with Crippen LogP contribution in [0.1, 0.15) is 11.1 Å². The topological polar surface area (TPSA) is 71.3 Å². The molecule has 31 heavy (non-hydrogen) atoms. The molecule has 5 nitrogen and oxygen atoms in total. The normalized spacial score (nSPS) is 10.8. The van der Waals surface area contributed by atoms with Gasteiger partial charge >= 0.3 is 0 Å². The van der Waals surface area contributed by atoms with Gasteiger partial charge in [-0.2, -0.15) is 5.26 Å². The number of hydrogen-bond donors (Lipinski definition) is 1. The summed E-state index contributed by atoms with van der Waals surface area (Å²) in [5.74, 6) is 0.437. The van der Waals surface area contributed by atoms with Crippen LogP contribution in [-0.2, 0) is 11.4 Å². The molecule has 0 unspecified atom stereocenters. The monoisotopic (exact) mass is 452 g/mol. The molecule has 3 rings (SSSR count). The molecule has 0 atom stereocenters. The van der Waals surface area contributed by atoms with Gasteiger partial charge in [-0.15, -0.1) is 0 Å². The van der Waals surface area contributed by atoms with Gasteiger partial charge in [0, 0.05) is 5.02 Å². The zero-order valence-electron chi connectivity index (χ0n) is 16.6. The first-order chi connectivity index (χ1) is 15.0. The summed E-state index contributed by atoms with van der Waals surface area (Å²) in [4.78, 5) is 12.5. The molecule has 0 saturated carbocycles. The molecule has 0 aliphatic rings. The van der Waals surface area contributed by atoms with Gasteiger partial charge in [-0.25, -0.2) is 0 Å². The quantitative estimate of drug-likeness (QED) is 0.345. The highest BCUT2D eigenvalue weighted by atomic mass is 35.5. The third kappa shape index (κ3) is 6.02. The Labute approximate surface area is 190 Å². The van der Waals surface area contributed by atoms with Crippen LogP contribution in [-0.4, -0.2) is 13.0 Å². The van der Waals surface area contributed by atoms with Crippen LogP contribution in [0.4, 0.5) is 5.69 Å². The van der Waals surface area contributed by atoms with E-state index in [4.69, 9.17) is 32.7 Å². The molecule has 0 aromatic heterocycles. The predicted molar refractivity (Wildman–Crippen MR) is 122 cm³/mol. The molecule has 0 bridgehead atoms. The van der Waals surface area contributed by atoms with Gasteiger partial charge in [0.1, 0.15) is 18.2 Å². The third-order valence-electron chi connectivity index (χ3n) is 4.28. The van der Waals surface area contributed by atoms with Crippen LogP contribution >= 0.6 is 23.2 Å². The highest BCUT2D eigenvalue weighted by Gasteiger charge is 2.13. The molecule has 0 radical (unpaired) electrons. The fourth-order valence-corrected chi connectivity index (χ4v) is 3.06. The van der Waals surface area contributed by atoms with Crippen LogP contribution in [0.3, 0.4) is 0 Å². The molecule has 1 N–H and O–H groups in total. The van der Waals surface area contributed by atoms with Gasteiger partial charge in [0.2, 0.25) is 0 Å². The first-order valence-electron chi connectivity index (χ1n) is 9.23. The molecule has 156 valence electrons. The second kappa shape index (κ2) is 10.5. The fourth-order valence-electron chi connectivity index (χ4n) is 2.73. The van der Waals surface area contributed by atoms with Crippen molar-refractivity contribution in [1.29, 1.82) is 5.26 Å². The Morgan fingerprint density at radius 2 is 1.84 bits per heavy atom. The minimum absolute atomic E-state index is 0.101. The van der Waals surface area contributed by atoms with Crippen molar-refractivity contribution in [2.24, 2.45) is 0 Å². The van der Waals surface area contributed by atoms with Crippen LogP contribution in [0.2, 0.25) is 10.0 Å². The number of methoxy groups -OCH3 is 1. The summed E-state index contributed by atoms with van der Waals surface area (Å²) in [5, 5.41) is 12.8. The van der Waals surface area contributed by atoms with Gasteiger partial charge in [-0.3, -0.25) is 4.79 Å². The van der Waals surface area contributed by atoms with Crippen molar-refractivity contribution in [2.45, 2.75) is 6.61 Å². The zero-order valence-corrected chi connectivity index (χ0v) is 18.1. The number of nitrogens with one attached hydrogen (secondary N) is 1. The minimum Gasteiger partial charge on any atom is -0.493 e. The van der Waals surface area contributed by atoms with E-state index in [-0.39, 0.29) is 5.57 Å². The van der Waals surface area contributed by atoms with Crippen LogP contribution in [0, 0.1) is 11.3 Å². The lowest BCUT2D eigenvalue weighted by Crippen LogP contribution is -2.13. The Balaban J connectivity index is 1.77. The summed E-state index contributed by atoms with van der Waals surface area (Å²) >= 11 is 12.0. The van der Waals surface area contributed by atoms with E-state index in [0.717, 1.165) is 5.56 Å². The Hall–Kier alpha value is -3.46. The number of carbonyl (C=O) groups excluding carboxylic acids is 1. The largest absolute Gasteiger partial charge is 0.493 e. The molecule has 0 spiro atoms. The molecule has 0 aliphatic heterocycles. The van der Waals surface area contributed by atoms with Crippen molar-refractivity contribution in [3.63, 3.8) is 0 Å². The van der Waals surface area contributed by atoms with E-state index in [9.17, 15) is 10.1 Å². The lowest BCUT2D eigenvalue weighted by Gasteiger charge is -2.12. The van der Waals surface area contributed by atoms with Crippen LogP contribution in [0.5, 0.6) is 11.5 Å². The molecule has 0 heterocycles. The highest BCUT2D eigenvalue weighted by molar-refractivity contribution is 6.36. The maximum absolute atomic E-state index is 12.5. The van der Waals surface area contributed by atoms with E-state index in [0.29, 0.717) is 39.4 Å². The molecular weight excluding hydrogens is 435 g/mol. The van der Waals surface area contributed by atoms with E-state index in [1.165, 1.54) is 19.3 Å². The van der Waals surface area contributed by atoms with E-state index in [1.54, 1.807) is 30.3 Å². The smallest absolute Gasteiger partial charge is 0.266 e. The molecule has 1 amide bonds. The summed E-state index contributed by atoms with van der Waals surface area (Å²) in [6.07, 6.45) is 1.46. The van der Waals surface area contributed by atoms with Crippen molar-refractivity contribution < 1.29 is 14.3 Å². The van der Waals surface area contributed by atoms with Gasteiger partial charge in [-0.1, -0.05) is 59.6 Å². The second-order valence-corrected chi connectivity index (χ2v) is 7.28. The minimum atomic E-state index is -0.602.